The molecule has 0 aliphatic rings. The van der Waals surface area contributed by atoms with Crippen molar-refractivity contribution in [2.75, 3.05) is 20.1 Å². The molecule has 108 valence electrons. The Hall–Kier alpha value is -1.33. The Kier molecular flexibility index (Phi) is 6.08. The predicted octanol–water partition coefficient (Wildman–Crippen LogP) is 3.45. The van der Waals surface area contributed by atoms with Gasteiger partial charge in [-0.1, -0.05) is 12.1 Å². The molecule has 0 amide bonds. The van der Waals surface area contributed by atoms with Crippen molar-refractivity contribution < 1.29 is 0 Å². The highest BCUT2D eigenvalue weighted by molar-refractivity contribution is 7.10. The molecule has 0 fully saturated rings. The summed E-state index contributed by atoms with van der Waals surface area (Å²) in [6.07, 6.45) is 1.07. The van der Waals surface area contributed by atoms with Crippen molar-refractivity contribution in [3.63, 3.8) is 0 Å². The van der Waals surface area contributed by atoms with Crippen molar-refractivity contribution in [3.05, 3.63) is 44.8 Å². The number of nitrogens with zero attached hydrogens (tertiary/aromatic N) is 2. The van der Waals surface area contributed by atoms with Crippen LogP contribution in [0.25, 0.3) is 0 Å². The molecular weight excluding hydrogens is 286 g/mol. The largest absolute Gasteiger partial charge is 0.357 e. The van der Waals surface area contributed by atoms with E-state index in [1.807, 2.05) is 11.3 Å². The first-order chi connectivity index (χ1) is 9.79. The second-order valence-corrected chi connectivity index (χ2v) is 6.56. The number of aliphatic imine (C=N–C) groups is 1. The molecule has 0 aliphatic heterocycles. The third-order valence-corrected chi connectivity index (χ3v) is 4.73. The Morgan fingerprint density at radius 2 is 1.90 bits per heavy atom. The van der Waals surface area contributed by atoms with Crippen LogP contribution < -0.4 is 5.32 Å². The summed E-state index contributed by atoms with van der Waals surface area (Å²) >= 11 is 3.57. The highest BCUT2D eigenvalue weighted by atomic mass is 32.1. The first kappa shape index (κ1) is 15.1. The molecule has 0 atom stereocenters. The molecule has 0 saturated heterocycles. The zero-order chi connectivity index (χ0) is 14.2. The molecular formula is C15H21N3S2. The minimum Gasteiger partial charge on any atom is -0.357 e. The van der Waals surface area contributed by atoms with Crippen LogP contribution in [0.5, 0.6) is 0 Å². The summed E-state index contributed by atoms with van der Waals surface area (Å²) in [5, 5.41) is 7.58. The zero-order valence-corrected chi connectivity index (χ0v) is 13.6. The van der Waals surface area contributed by atoms with E-state index in [2.05, 4.69) is 59.2 Å². The lowest BCUT2D eigenvalue weighted by atomic mass is 10.3. The number of hydrogen-bond donors (Lipinski definition) is 1. The average Bonchev–Trinajstić information content (AvgIpc) is 3.13. The molecule has 2 rings (SSSR count). The molecule has 5 heteroatoms. The van der Waals surface area contributed by atoms with Crippen LogP contribution in [0.1, 0.15) is 16.7 Å². The smallest absolute Gasteiger partial charge is 0.194 e. The minimum absolute atomic E-state index is 0.753. The fourth-order valence-corrected chi connectivity index (χ4v) is 3.19. The number of rotatable bonds is 6. The van der Waals surface area contributed by atoms with Crippen molar-refractivity contribution in [1.82, 2.24) is 10.2 Å². The van der Waals surface area contributed by atoms with Crippen molar-refractivity contribution in [3.8, 4) is 0 Å². The molecule has 0 aliphatic carbocycles. The summed E-state index contributed by atoms with van der Waals surface area (Å²) in [5.41, 5.74) is 0. The van der Waals surface area contributed by atoms with Crippen LogP contribution in [0.3, 0.4) is 0 Å². The lowest BCUT2D eigenvalue weighted by Gasteiger charge is -2.21. The molecule has 3 nitrogen and oxygen atoms in total. The van der Waals surface area contributed by atoms with Crippen molar-refractivity contribution in [2.24, 2.45) is 4.99 Å². The lowest BCUT2D eigenvalue weighted by molar-refractivity contribution is 0.487. The Bertz CT molecular complexity index is 503. The van der Waals surface area contributed by atoms with E-state index in [1.165, 1.54) is 9.75 Å². The van der Waals surface area contributed by atoms with Crippen LogP contribution in [0.2, 0.25) is 0 Å². The van der Waals surface area contributed by atoms with E-state index in [0.29, 0.717) is 0 Å². The van der Waals surface area contributed by atoms with Crippen LogP contribution in [0.4, 0.5) is 0 Å². The normalized spacial score (nSPS) is 11.6. The van der Waals surface area contributed by atoms with Crippen molar-refractivity contribution in [1.29, 1.82) is 0 Å². The highest BCUT2D eigenvalue weighted by Crippen LogP contribution is 2.11. The molecule has 0 bridgehead atoms. The van der Waals surface area contributed by atoms with E-state index in [0.717, 1.165) is 32.0 Å². The summed E-state index contributed by atoms with van der Waals surface area (Å²) in [6, 6.07) is 8.50. The first-order valence-corrected chi connectivity index (χ1v) is 8.59. The summed E-state index contributed by atoms with van der Waals surface area (Å²) < 4.78 is 0. The standard InChI is InChI=1S/C15H21N3S2/c1-3-16-15(17-12-14-7-5-11-20-14)18(2)9-8-13-6-4-10-19-13/h4-7,10-11H,3,8-9,12H2,1-2H3,(H,16,17). The number of nitrogens with one attached hydrogen (secondary N) is 1. The first-order valence-electron chi connectivity index (χ1n) is 6.83. The predicted molar refractivity (Wildman–Crippen MR) is 89.8 cm³/mol. The number of guanidine groups is 1. The van der Waals surface area contributed by atoms with E-state index in [-0.39, 0.29) is 0 Å². The molecule has 0 aromatic carbocycles. The van der Waals surface area contributed by atoms with Crippen LogP contribution >= 0.6 is 22.7 Å². The van der Waals surface area contributed by atoms with Gasteiger partial charge in [-0.05, 0) is 36.2 Å². The van der Waals surface area contributed by atoms with Gasteiger partial charge in [-0.3, -0.25) is 0 Å². The van der Waals surface area contributed by atoms with Gasteiger partial charge in [0.2, 0.25) is 0 Å². The maximum Gasteiger partial charge on any atom is 0.194 e. The third-order valence-electron chi connectivity index (χ3n) is 2.93. The fraction of sp³-hybridized carbons (Fsp3) is 0.400. The molecule has 0 spiro atoms. The van der Waals surface area contributed by atoms with Crippen LogP contribution in [0, 0.1) is 0 Å². The summed E-state index contributed by atoms with van der Waals surface area (Å²) in [6.45, 7) is 4.74. The fourth-order valence-electron chi connectivity index (χ4n) is 1.86. The Labute approximate surface area is 129 Å². The van der Waals surface area contributed by atoms with E-state index in [4.69, 9.17) is 4.99 Å². The number of thiophene rings is 2. The molecule has 2 heterocycles. The SMILES string of the molecule is CCNC(=NCc1cccs1)N(C)CCc1cccs1. The van der Waals surface area contributed by atoms with E-state index in [1.54, 1.807) is 11.3 Å². The lowest BCUT2D eigenvalue weighted by Crippen LogP contribution is -2.39. The quantitative estimate of drug-likeness (QED) is 0.654. The maximum atomic E-state index is 4.70. The molecule has 20 heavy (non-hydrogen) atoms. The third kappa shape index (κ3) is 4.65. The number of hydrogen-bond acceptors (Lipinski definition) is 3. The number of likely N-dealkylation sites (N-methyl/N-ethyl adjacent to an activating group) is 1. The van der Waals surface area contributed by atoms with Gasteiger partial charge in [-0.15, -0.1) is 22.7 Å². The summed E-state index contributed by atoms with van der Waals surface area (Å²) in [4.78, 5) is 9.63. The second-order valence-electron chi connectivity index (χ2n) is 4.50. The summed E-state index contributed by atoms with van der Waals surface area (Å²) in [5.74, 6) is 0.984. The summed E-state index contributed by atoms with van der Waals surface area (Å²) in [7, 11) is 2.10. The van der Waals surface area contributed by atoms with Gasteiger partial charge in [0.15, 0.2) is 5.96 Å². The molecule has 0 radical (unpaired) electrons. The topological polar surface area (TPSA) is 27.6 Å². The van der Waals surface area contributed by atoms with Crippen molar-refractivity contribution in [2.45, 2.75) is 19.9 Å². The Morgan fingerprint density at radius 1 is 1.20 bits per heavy atom. The second kappa shape index (κ2) is 8.07. The van der Waals surface area contributed by atoms with Gasteiger partial charge >= 0.3 is 0 Å². The monoisotopic (exact) mass is 307 g/mol. The van der Waals surface area contributed by atoms with E-state index >= 15 is 0 Å². The van der Waals surface area contributed by atoms with Crippen molar-refractivity contribution >= 4 is 28.6 Å². The Balaban J connectivity index is 1.90. The van der Waals surface area contributed by atoms with Gasteiger partial charge in [0.25, 0.3) is 0 Å². The molecule has 2 aromatic rings. The minimum atomic E-state index is 0.753. The Morgan fingerprint density at radius 3 is 2.50 bits per heavy atom. The molecule has 0 unspecified atom stereocenters. The van der Waals surface area contributed by atoms with Gasteiger partial charge in [-0.2, -0.15) is 0 Å². The average molecular weight is 307 g/mol. The van der Waals surface area contributed by atoms with Crippen LogP contribution in [0.15, 0.2) is 40.0 Å². The van der Waals surface area contributed by atoms with Gasteiger partial charge < -0.3 is 10.2 Å². The van der Waals surface area contributed by atoms with Crippen LogP contribution in [-0.2, 0) is 13.0 Å². The van der Waals surface area contributed by atoms with Gasteiger partial charge in [0.05, 0.1) is 6.54 Å². The van der Waals surface area contributed by atoms with Crippen LogP contribution in [-0.4, -0.2) is 31.0 Å². The van der Waals surface area contributed by atoms with Gasteiger partial charge in [0.1, 0.15) is 0 Å². The zero-order valence-electron chi connectivity index (χ0n) is 12.0. The molecule has 2 aromatic heterocycles. The van der Waals surface area contributed by atoms with Gasteiger partial charge in [-0.25, -0.2) is 4.99 Å². The molecule has 0 saturated carbocycles. The molecule has 1 N–H and O–H groups in total. The van der Waals surface area contributed by atoms with E-state index in [9.17, 15) is 0 Å². The maximum absolute atomic E-state index is 4.70. The van der Waals surface area contributed by atoms with E-state index < -0.39 is 0 Å². The van der Waals surface area contributed by atoms with Gasteiger partial charge in [0, 0.05) is 29.9 Å². The highest BCUT2D eigenvalue weighted by Gasteiger charge is 2.06.